The lowest BCUT2D eigenvalue weighted by Gasteiger charge is -2.31. The molecule has 4 rings (SSSR count). The lowest BCUT2D eigenvalue weighted by Crippen LogP contribution is -2.38. The van der Waals surface area contributed by atoms with Crippen LogP contribution >= 0.6 is 27.3 Å². The summed E-state index contributed by atoms with van der Waals surface area (Å²) < 4.78 is 0.848. The SMILES string of the molecule is O=C(NCCc1nnc(NC(=O)C2CC(=O)N(C3CCCCC3)C2)s1)c1cccc(Br)c1. The van der Waals surface area contributed by atoms with Gasteiger partial charge >= 0.3 is 0 Å². The fraction of sp³-hybridized carbons (Fsp3) is 0.500. The van der Waals surface area contributed by atoms with E-state index in [0.29, 0.717) is 30.2 Å². The van der Waals surface area contributed by atoms with Crippen molar-refractivity contribution in [3.05, 3.63) is 39.3 Å². The topological polar surface area (TPSA) is 104 Å². The van der Waals surface area contributed by atoms with E-state index < -0.39 is 0 Å². The maximum absolute atomic E-state index is 12.7. The van der Waals surface area contributed by atoms with Crippen LogP contribution in [0.5, 0.6) is 0 Å². The van der Waals surface area contributed by atoms with Crippen molar-refractivity contribution in [2.75, 3.05) is 18.4 Å². The van der Waals surface area contributed by atoms with E-state index in [1.807, 2.05) is 17.0 Å². The van der Waals surface area contributed by atoms with Gasteiger partial charge in [-0.2, -0.15) is 0 Å². The monoisotopic (exact) mass is 519 g/mol. The molecule has 32 heavy (non-hydrogen) atoms. The van der Waals surface area contributed by atoms with Gasteiger partial charge in [-0.1, -0.05) is 52.6 Å². The van der Waals surface area contributed by atoms with Crippen LogP contribution in [-0.2, 0) is 16.0 Å². The number of nitrogens with zero attached hydrogens (tertiary/aromatic N) is 3. The minimum atomic E-state index is -0.346. The predicted molar refractivity (Wildman–Crippen MR) is 125 cm³/mol. The van der Waals surface area contributed by atoms with Gasteiger partial charge in [-0.3, -0.25) is 14.4 Å². The number of hydrogen-bond donors (Lipinski definition) is 2. The standard InChI is InChI=1S/C22H26BrN5O3S/c23-16-6-4-5-14(11-16)20(30)24-10-9-18-26-27-22(32-18)25-21(31)15-12-19(29)28(13-15)17-7-2-1-3-8-17/h4-6,11,15,17H,1-3,7-10,12-13H2,(H,24,30)(H,25,27,31). The summed E-state index contributed by atoms with van der Waals surface area (Å²) in [5.74, 6) is -0.600. The molecule has 1 aromatic carbocycles. The second-order valence-corrected chi connectivity index (χ2v) is 10.2. The maximum Gasteiger partial charge on any atom is 0.251 e. The van der Waals surface area contributed by atoms with Crippen LogP contribution in [0.1, 0.15) is 53.9 Å². The molecule has 0 bridgehead atoms. The molecule has 2 N–H and O–H groups in total. The average molecular weight is 520 g/mol. The summed E-state index contributed by atoms with van der Waals surface area (Å²) >= 11 is 4.64. The highest BCUT2D eigenvalue weighted by atomic mass is 79.9. The van der Waals surface area contributed by atoms with E-state index in [4.69, 9.17) is 0 Å². The summed E-state index contributed by atoms with van der Waals surface area (Å²) in [6, 6.07) is 7.47. The maximum atomic E-state index is 12.7. The molecule has 2 heterocycles. The quantitative estimate of drug-likeness (QED) is 0.583. The third-order valence-electron chi connectivity index (χ3n) is 5.95. The Hall–Kier alpha value is -2.33. The number of benzene rings is 1. The van der Waals surface area contributed by atoms with Crippen LogP contribution in [0.3, 0.4) is 0 Å². The van der Waals surface area contributed by atoms with Crippen LogP contribution in [0.4, 0.5) is 5.13 Å². The van der Waals surface area contributed by atoms with Crippen LogP contribution in [0.25, 0.3) is 0 Å². The number of amides is 3. The molecule has 10 heteroatoms. The smallest absolute Gasteiger partial charge is 0.251 e. The van der Waals surface area contributed by atoms with E-state index in [1.165, 1.54) is 17.8 Å². The molecular formula is C22H26BrN5O3S. The summed E-state index contributed by atoms with van der Waals surface area (Å²) in [5, 5.41) is 15.0. The molecule has 1 saturated heterocycles. The van der Waals surface area contributed by atoms with Crippen molar-refractivity contribution < 1.29 is 14.4 Å². The van der Waals surface area contributed by atoms with Crippen molar-refractivity contribution in [3.63, 3.8) is 0 Å². The van der Waals surface area contributed by atoms with Crippen LogP contribution < -0.4 is 10.6 Å². The van der Waals surface area contributed by atoms with E-state index in [9.17, 15) is 14.4 Å². The Morgan fingerprint density at radius 3 is 2.78 bits per heavy atom. The first-order chi connectivity index (χ1) is 15.5. The van der Waals surface area contributed by atoms with Gasteiger partial charge in [0.1, 0.15) is 5.01 Å². The molecule has 2 aromatic rings. The Balaban J connectivity index is 1.23. The molecule has 170 valence electrons. The minimum Gasteiger partial charge on any atom is -0.352 e. The zero-order chi connectivity index (χ0) is 22.5. The number of nitrogens with one attached hydrogen (secondary N) is 2. The zero-order valence-electron chi connectivity index (χ0n) is 17.7. The van der Waals surface area contributed by atoms with Crippen molar-refractivity contribution in [1.29, 1.82) is 0 Å². The van der Waals surface area contributed by atoms with E-state index >= 15 is 0 Å². The van der Waals surface area contributed by atoms with Crippen LogP contribution in [-0.4, -0.2) is 52.0 Å². The number of likely N-dealkylation sites (tertiary alicyclic amines) is 1. The Morgan fingerprint density at radius 2 is 2.00 bits per heavy atom. The van der Waals surface area contributed by atoms with Crippen LogP contribution in [0.2, 0.25) is 0 Å². The lowest BCUT2D eigenvalue weighted by molar-refractivity contribution is -0.130. The summed E-state index contributed by atoms with van der Waals surface area (Å²) in [5.41, 5.74) is 0.581. The molecule has 0 spiro atoms. The second kappa shape index (κ2) is 10.5. The predicted octanol–water partition coefficient (Wildman–Crippen LogP) is 3.39. The third-order valence-corrected chi connectivity index (χ3v) is 7.34. The molecule has 2 aliphatic rings. The van der Waals surface area contributed by atoms with Crippen molar-refractivity contribution in [2.45, 2.75) is 51.0 Å². The Labute approximate surface area is 199 Å². The highest BCUT2D eigenvalue weighted by Gasteiger charge is 2.38. The number of carbonyl (C=O) groups is 3. The number of anilines is 1. The van der Waals surface area contributed by atoms with Gasteiger partial charge in [0.25, 0.3) is 5.91 Å². The molecule has 1 saturated carbocycles. The molecule has 1 unspecified atom stereocenters. The van der Waals surface area contributed by atoms with Gasteiger partial charge in [0, 0.05) is 42.0 Å². The number of halogens is 1. The van der Waals surface area contributed by atoms with E-state index in [1.54, 1.807) is 12.1 Å². The van der Waals surface area contributed by atoms with E-state index in [0.717, 1.165) is 35.2 Å². The normalized spacial score (nSPS) is 19.2. The van der Waals surface area contributed by atoms with Gasteiger partial charge in [0.15, 0.2) is 0 Å². The fourth-order valence-corrected chi connectivity index (χ4v) is 5.42. The first-order valence-electron chi connectivity index (χ1n) is 11.0. The molecule has 1 aromatic heterocycles. The van der Waals surface area contributed by atoms with Gasteiger partial charge < -0.3 is 15.5 Å². The van der Waals surface area contributed by atoms with Gasteiger partial charge in [-0.05, 0) is 31.0 Å². The molecule has 3 amide bonds. The fourth-order valence-electron chi connectivity index (χ4n) is 4.28. The minimum absolute atomic E-state index is 0.0798. The summed E-state index contributed by atoms with van der Waals surface area (Å²) in [6.45, 7) is 0.907. The van der Waals surface area contributed by atoms with Crippen LogP contribution in [0, 0.1) is 5.92 Å². The summed E-state index contributed by atoms with van der Waals surface area (Å²) in [4.78, 5) is 39.2. The summed E-state index contributed by atoms with van der Waals surface area (Å²) in [7, 11) is 0. The highest BCUT2D eigenvalue weighted by molar-refractivity contribution is 9.10. The largest absolute Gasteiger partial charge is 0.352 e. The Morgan fingerprint density at radius 1 is 1.19 bits per heavy atom. The third kappa shape index (κ3) is 5.72. The molecule has 1 atom stereocenters. The van der Waals surface area contributed by atoms with E-state index in [-0.39, 0.29) is 36.1 Å². The van der Waals surface area contributed by atoms with Gasteiger partial charge in [0.2, 0.25) is 16.9 Å². The van der Waals surface area contributed by atoms with Gasteiger partial charge in [-0.25, -0.2) is 0 Å². The number of carbonyl (C=O) groups excluding carboxylic acids is 3. The lowest BCUT2D eigenvalue weighted by atomic mass is 9.94. The number of aromatic nitrogens is 2. The molecule has 1 aliphatic carbocycles. The number of rotatable bonds is 7. The molecule has 8 nitrogen and oxygen atoms in total. The molecular weight excluding hydrogens is 494 g/mol. The average Bonchev–Trinajstić information content (AvgIpc) is 3.40. The zero-order valence-corrected chi connectivity index (χ0v) is 20.1. The number of hydrogen-bond acceptors (Lipinski definition) is 6. The van der Waals surface area contributed by atoms with Crippen molar-refractivity contribution in [3.8, 4) is 0 Å². The highest BCUT2D eigenvalue weighted by Crippen LogP contribution is 2.29. The van der Waals surface area contributed by atoms with Crippen molar-refractivity contribution in [1.82, 2.24) is 20.4 Å². The van der Waals surface area contributed by atoms with Gasteiger partial charge in [-0.15, -0.1) is 10.2 Å². The van der Waals surface area contributed by atoms with Crippen molar-refractivity contribution >= 4 is 50.1 Å². The molecule has 2 fully saturated rings. The first kappa shape index (κ1) is 22.8. The Bertz CT molecular complexity index is 991. The summed E-state index contributed by atoms with van der Waals surface area (Å²) in [6.07, 6.45) is 6.40. The molecule has 0 radical (unpaired) electrons. The second-order valence-electron chi connectivity index (χ2n) is 8.25. The Kier molecular flexibility index (Phi) is 7.51. The first-order valence-corrected chi connectivity index (χ1v) is 12.6. The molecule has 1 aliphatic heterocycles. The van der Waals surface area contributed by atoms with Gasteiger partial charge in [0.05, 0.1) is 5.92 Å². The van der Waals surface area contributed by atoms with Crippen molar-refractivity contribution in [2.24, 2.45) is 5.92 Å². The van der Waals surface area contributed by atoms with E-state index in [2.05, 4.69) is 36.8 Å². The van der Waals surface area contributed by atoms with Crippen LogP contribution in [0.15, 0.2) is 28.7 Å².